The number of nitrogens with one attached hydrogen (secondary N) is 1. The number of nitrogen functional groups attached to an aromatic ring is 1. The first-order valence-corrected chi connectivity index (χ1v) is 11.3. The van der Waals surface area contributed by atoms with Crippen LogP contribution in [0.3, 0.4) is 0 Å². The van der Waals surface area contributed by atoms with E-state index in [1.807, 2.05) is 18.2 Å². The van der Waals surface area contributed by atoms with E-state index >= 15 is 0 Å². The Labute approximate surface area is 192 Å². The van der Waals surface area contributed by atoms with Gasteiger partial charge in [0.1, 0.15) is 0 Å². The van der Waals surface area contributed by atoms with Gasteiger partial charge >= 0.3 is 0 Å². The Bertz CT molecular complexity index is 1140. The summed E-state index contributed by atoms with van der Waals surface area (Å²) >= 11 is 0. The van der Waals surface area contributed by atoms with Crippen molar-refractivity contribution in [2.75, 3.05) is 51.1 Å². The summed E-state index contributed by atoms with van der Waals surface area (Å²) in [6.07, 6.45) is 5.12. The van der Waals surface area contributed by atoms with E-state index in [1.54, 1.807) is 20.4 Å². The molecule has 174 valence electrons. The molecule has 3 N–H and O–H groups in total. The van der Waals surface area contributed by atoms with E-state index in [4.69, 9.17) is 24.9 Å². The van der Waals surface area contributed by atoms with Gasteiger partial charge in [-0.25, -0.2) is 9.97 Å². The van der Waals surface area contributed by atoms with Crippen LogP contribution < -0.4 is 25.4 Å². The number of nitrogens with zero attached hydrogens (tertiary/aromatic N) is 5. The summed E-state index contributed by atoms with van der Waals surface area (Å²) in [5.74, 6) is 2.20. The lowest BCUT2D eigenvalue weighted by atomic mass is 10.0. The third kappa shape index (κ3) is 4.36. The molecule has 0 spiro atoms. The van der Waals surface area contributed by atoms with Crippen LogP contribution in [0.2, 0.25) is 0 Å². The number of methoxy groups -OCH3 is 2. The highest BCUT2D eigenvalue weighted by Gasteiger charge is 2.30. The number of ether oxygens (including phenoxy) is 3. The average molecular weight is 452 g/mol. The molecular weight excluding hydrogens is 422 g/mol. The molecule has 2 aliphatic heterocycles. The van der Waals surface area contributed by atoms with Gasteiger partial charge in [-0.05, 0) is 37.5 Å². The van der Waals surface area contributed by atoms with Crippen molar-refractivity contribution in [3.05, 3.63) is 24.4 Å². The highest BCUT2D eigenvalue weighted by molar-refractivity contribution is 5.86. The van der Waals surface area contributed by atoms with Gasteiger partial charge in [0.25, 0.3) is 0 Å². The maximum absolute atomic E-state index is 6.07. The van der Waals surface area contributed by atoms with Crippen LogP contribution in [0.25, 0.3) is 22.4 Å². The molecule has 3 aromatic rings. The first-order chi connectivity index (χ1) is 16.2. The molecule has 2 fully saturated rings. The molecule has 4 heterocycles. The molecule has 2 atom stereocenters. The molecule has 0 amide bonds. The van der Waals surface area contributed by atoms with Gasteiger partial charge in [-0.2, -0.15) is 9.97 Å². The van der Waals surface area contributed by atoms with Crippen LogP contribution in [0.5, 0.6) is 11.5 Å². The molecule has 1 aromatic carbocycles. The zero-order valence-corrected chi connectivity index (χ0v) is 19.0. The Morgan fingerprint density at radius 3 is 2.85 bits per heavy atom. The summed E-state index contributed by atoms with van der Waals surface area (Å²) in [6, 6.07) is 5.90. The Balaban J connectivity index is 1.55. The van der Waals surface area contributed by atoms with Crippen molar-refractivity contribution < 1.29 is 14.2 Å². The first-order valence-electron chi connectivity index (χ1n) is 11.3. The molecule has 0 bridgehead atoms. The second-order valence-electron chi connectivity index (χ2n) is 8.32. The monoisotopic (exact) mass is 451 g/mol. The van der Waals surface area contributed by atoms with Gasteiger partial charge in [-0.15, -0.1) is 0 Å². The van der Waals surface area contributed by atoms with Crippen LogP contribution in [0.1, 0.15) is 19.3 Å². The van der Waals surface area contributed by atoms with E-state index in [-0.39, 0.29) is 18.1 Å². The second kappa shape index (κ2) is 9.32. The maximum Gasteiger partial charge on any atom is 0.224 e. The molecule has 0 radical (unpaired) electrons. The summed E-state index contributed by atoms with van der Waals surface area (Å²) in [5.41, 5.74) is 8.75. The highest BCUT2D eigenvalue weighted by Crippen LogP contribution is 2.33. The highest BCUT2D eigenvalue weighted by atomic mass is 16.5. The number of hydrogen-bond donors (Lipinski definition) is 2. The average Bonchev–Trinajstić information content (AvgIpc) is 3.36. The van der Waals surface area contributed by atoms with Gasteiger partial charge in [-0.1, -0.05) is 0 Å². The van der Waals surface area contributed by atoms with Crippen molar-refractivity contribution >= 4 is 22.9 Å². The third-order valence-corrected chi connectivity index (χ3v) is 6.27. The van der Waals surface area contributed by atoms with E-state index in [2.05, 4.69) is 25.2 Å². The Morgan fingerprint density at radius 2 is 2.06 bits per heavy atom. The summed E-state index contributed by atoms with van der Waals surface area (Å²) in [4.78, 5) is 20.7. The largest absolute Gasteiger partial charge is 0.493 e. The molecule has 2 saturated heterocycles. The number of nitrogens with two attached hydrogens (primary N) is 1. The molecule has 10 heteroatoms. The standard InChI is InChI=1S/C23H29N7O3/c1-31-18-6-5-14(10-19(18)32-2)17-13-26-21-20(27-17)22(29-23(24)28-21)30-8-7-25-12-15(30)11-16-4-3-9-33-16/h5-6,10,13,15-16,25H,3-4,7-9,11-12H2,1-2H3,(H2,24,26,28,29). The van der Waals surface area contributed by atoms with Gasteiger partial charge in [0, 0.05) is 37.8 Å². The van der Waals surface area contributed by atoms with E-state index < -0.39 is 0 Å². The Kier molecular flexibility index (Phi) is 6.10. The minimum atomic E-state index is 0.195. The molecule has 33 heavy (non-hydrogen) atoms. The summed E-state index contributed by atoms with van der Waals surface area (Å²) in [5, 5.41) is 3.50. The number of hydrogen-bond acceptors (Lipinski definition) is 10. The fourth-order valence-corrected chi connectivity index (χ4v) is 4.63. The molecule has 0 saturated carbocycles. The Morgan fingerprint density at radius 1 is 1.18 bits per heavy atom. The van der Waals surface area contributed by atoms with Crippen LogP contribution in [-0.4, -0.2) is 72.5 Å². The second-order valence-corrected chi connectivity index (χ2v) is 8.32. The van der Waals surface area contributed by atoms with Crippen LogP contribution in [0.15, 0.2) is 24.4 Å². The SMILES string of the molecule is COc1ccc(-c2cnc3nc(N)nc(N4CCNCC4CC4CCCO4)c3n2)cc1OC. The lowest BCUT2D eigenvalue weighted by Crippen LogP contribution is -2.53. The van der Waals surface area contributed by atoms with Crippen LogP contribution >= 0.6 is 0 Å². The van der Waals surface area contributed by atoms with Crippen LogP contribution in [-0.2, 0) is 4.74 Å². The fraction of sp³-hybridized carbons (Fsp3) is 0.478. The summed E-state index contributed by atoms with van der Waals surface area (Å²) in [7, 11) is 3.23. The van der Waals surface area contributed by atoms with Crippen LogP contribution in [0.4, 0.5) is 11.8 Å². The predicted octanol–water partition coefficient (Wildman–Crippen LogP) is 2.03. The number of fused-ring (bicyclic) bond motifs is 1. The number of rotatable bonds is 6. The quantitative estimate of drug-likeness (QED) is 0.576. The molecular formula is C23H29N7O3. The number of benzene rings is 1. The number of aromatic nitrogens is 4. The van der Waals surface area contributed by atoms with Gasteiger partial charge in [-0.3, -0.25) is 0 Å². The summed E-state index contributed by atoms with van der Waals surface area (Å²) in [6.45, 7) is 3.35. The van der Waals surface area contributed by atoms with Crippen molar-refractivity contribution in [1.29, 1.82) is 0 Å². The first kappa shape index (κ1) is 21.6. The molecule has 0 aliphatic carbocycles. The molecule has 2 aliphatic rings. The fourth-order valence-electron chi connectivity index (χ4n) is 4.63. The lowest BCUT2D eigenvalue weighted by Gasteiger charge is -2.38. The van der Waals surface area contributed by atoms with Crippen molar-refractivity contribution in [2.45, 2.75) is 31.4 Å². The van der Waals surface area contributed by atoms with Crippen molar-refractivity contribution in [3.8, 4) is 22.8 Å². The predicted molar refractivity (Wildman–Crippen MR) is 126 cm³/mol. The third-order valence-electron chi connectivity index (χ3n) is 6.27. The summed E-state index contributed by atoms with van der Waals surface area (Å²) < 4.78 is 16.7. The van der Waals surface area contributed by atoms with Gasteiger partial charge in [0.05, 0.1) is 32.2 Å². The molecule has 2 aromatic heterocycles. The zero-order chi connectivity index (χ0) is 22.8. The Hall–Kier alpha value is -3.24. The minimum Gasteiger partial charge on any atom is -0.493 e. The number of anilines is 2. The minimum absolute atomic E-state index is 0.195. The zero-order valence-electron chi connectivity index (χ0n) is 19.0. The topological polar surface area (TPSA) is 121 Å². The normalized spacial score (nSPS) is 20.8. The molecule has 5 rings (SSSR count). The smallest absolute Gasteiger partial charge is 0.224 e. The number of piperazine rings is 1. The van der Waals surface area contributed by atoms with Gasteiger partial charge < -0.3 is 30.2 Å². The van der Waals surface area contributed by atoms with Crippen LogP contribution in [0, 0.1) is 0 Å². The molecule has 10 nitrogen and oxygen atoms in total. The molecule has 2 unspecified atom stereocenters. The van der Waals surface area contributed by atoms with Gasteiger partial charge in [0.15, 0.2) is 28.5 Å². The van der Waals surface area contributed by atoms with E-state index in [0.717, 1.165) is 56.9 Å². The van der Waals surface area contributed by atoms with Crippen molar-refractivity contribution in [2.24, 2.45) is 0 Å². The van der Waals surface area contributed by atoms with E-state index in [0.29, 0.717) is 28.4 Å². The van der Waals surface area contributed by atoms with E-state index in [1.165, 1.54) is 0 Å². The van der Waals surface area contributed by atoms with Gasteiger partial charge in [0.2, 0.25) is 5.95 Å². The lowest BCUT2D eigenvalue weighted by molar-refractivity contribution is 0.0961. The maximum atomic E-state index is 6.07. The van der Waals surface area contributed by atoms with Crippen molar-refractivity contribution in [1.82, 2.24) is 25.3 Å². The van der Waals surface area contributed by atoms with E-state index in [9.17, 15) is 0 Å². The van der Waals surface area contributed by atoms with Crippen molar-refractivity contribution in [3.63, 3.8) is 0 Å².